The summed E-state index contributed by atoms with van der Waals surface area (Å²) in [6.07, 6.45) is 3.22. The first-order chi connectivity index (χ1) is 11.3. The molecular formula is C18H26N4O. The van der Waals surface area contributed by atoms with Gasteiger partial charge in [-0.1, -0.05) is 6.92 Å². The molecular weight excluding hydrogens is 288 g/mol. The van der Waals surface area contributed by atoms with E-state index in [0.29, 0.717) is 0 Å². The maximum Gasteiger partial charge on any atom is 0.118 e. The number of H-pyrrole nitrogens is 1. The van der Waals surface area contributed by atoms with Crippen molar-refractivity contribution >= 4 is 0 Å². The summed E-state index contributed by atoms with van der Waals surface area (Å²) < 4.78 is 5.21. The van der Waals surface area contributed by atoms with Crippen molar-refractivity contribution in [3.8, 4) is 17.0 Å². The summed E-state index contributed by atoms with van der Waals surface area (Å²) in [6, 6.07) is 8.08. The molecule has 1 aromatic heterocycles. The quantitative estimate of drug-likeness (QED) is 0.824. The van der Waals surface area contributed by atoms with Crippen LogP contribution in [0.3, 0.4) is 0 Å². The third-order valence-corrected chi connectivity index (χ3v) is 4.66. The first-order valence-corrected chi connectivity index (χ1v) is 8.40. The molecule has 0 bridgehead atoms. The number of methoxy groups -OCH3 is 1. The predicted octanol–water partition coefficient (Wildman–Crippen LogP) is 2.52. The molecule has 0 saturated carbocycles. The van der Waals surface area contributed by atoms with E-state index >= 15 is 0 Å². The van der Waals surface area contributed by atoms with Gasteiger partial charge in [0.25, 0.3) is 0 Å². The summed E-state index contributed by atoms with van der Waals surface area (Å²) in [5.74, 6) is 1.64. The molecule has 3 rings (SSSR count). The number of rotatable bonds is 7. The monoisotopic (exact) mass is 314 g/mol. The zero-order chi connectivity index (χ0) is 16.1. The molecule has 1 atom stereocenters. The van der Waals surface area contributed by atoms with E-state index in [-0.39, 0.29) is 0 Å². The molecule has 1 fully saturated rings. The normalized spacial score (nSPS) is 18.4. The number of likely N-dealkylation sites (tertiary alicyclic amines) is 1. The van der Waals surface area contributed by atoms with Crippen molar-refractivity contribution in [1.29, 1.82) is 0 Å². The van der Waals surface area contributed by atoms with Gasteiger partial charge in [-0.05, 0) is 56.2 Å². The van der Waals surface area contributed by atoms with Gasteiger partial charge in [0.15, 0.2) is 0 Å². The second kappa shape index (κ2) is 7.62. The summed E-state index contributed by atoms with van der Waals surface area (Å²) in [4.78, 5) is 2.52. The van der Waals surface area contributed by atoms with E-state index in [4.69, 9.17) is 4.74 Å². The van der Waals surface area contributed by atoms with Gasteiger partial charge in [0.05, 0.1) is 19.0 Å². The minimum atomic E-state index is 0.770. The van der Waals surface area contributed by atoms with Crippen molar-refractivity contribution in [2.75, 3.05) is 33.3 Å². The van der Waals surface area contributed by atoms with Gasteiger partial charge >= 0.3 is 0 Å². The Morgan fingerprint density at radius 3 is 2.87 bits per heavy atom. The third kappa shape index (κ3) is 3.92. The number of hydrogen-bond acceptors (Lipinski definition) is 4. The van der Waals surface area contributed by atoms with Crippen LogP contribution in [0.4, 0.5) is 0 Å². The zero-order valence-electron chi connectivity index (χ0n) is 14.0. The van der Waals surface area contributed by atoms with Crippen LogP contribution in [0.1, 0.15) is 18.9 Å². The van der Waals surface area contributed by atoms with Crippen LogP contribution in [0.15, 0.2) is 30.5 Å². The molecule has 23 heavy (non-hydrogen) atoms. The van der Waals surface area contributed by atoms with Gasteiger partial charge in [-0.15, -0.1) is 0 Å². The van der Waals surface area contributed by atoms with Crippen LogP contribution < -0.4 is 10.1 Å². The Hall–Kier alpha value is -1.85. The van der Waals surface area contributed by atoms with Gasteiger partial charge in [-0.25, -0.2) is 0 Å². The summed E-state index contributed by atoms with van der Waals surface area (Å²) >= 11 is 0. The average molecular weight is 314 g/mol. The molecule has 0 spiro atoms. The Labute approximate surface area is 138 Å². The third-order valence-electron chi connectivity index (χ3n) is 4.66. The molecule has 2 N–H and O–H groups in total. The van der Waals surface area contributed by atoms with Crippen LogP contribution >= 0.6 is 0 Å². The standard InChI is InChI=1S/C18H26N4O/c1-3-22-9-8-14(13-22)10-19-11-16-12-20-21-18(16)15-4-6-17(23-2)7-5-15/h4-7,12,14,19H,3,8-11,13H2,1-2H3,(H,20,21)/t14-/m0/s1. The Balaban J connectivity index is 1.56. The van der Waals surface area contributed by atoms with Crippen molar-refractivity contribution in [2.45, 2.75) is 19.9 Å². The van der Waals surface area contributed by atoms with Crippen molar-refractivity contribution in [2.24, 2.45) is 5.92 Å². The van der Waals surface area contributed by atoms with Crippen LogP contribution in [-0.2, 0) is 6.54 Å². The van der Waals surface area contributed by atoms with E-state index < -0.39 is 0 Å². The zero-order valence-corrected chi connectivity index (χ0v) is 14.0. The van der Waals surface area contributed by atoms with Crippen molar-refractivity contribution in [1.82, 2.24) is 20.4 Å². The lowest BCUT2D eigenvalue weighted by molar-refractivity contribution is 0.339. The highest BCUT2D eigenvalue weighted by atomic mass is 16.5. The van der Waals surface area contributed by atoms with E-state index in [0.717, 1.165) is 36.0 Å². The number of hydrogen-bond donors (Lipinski definition) is 2. The van der Waals surface area contributed by atoms with E-state index in [1.807, 2.05) is 18.3 Å². The number of ether oxygens (including phenoxy) is 1. The molecule has 0 unspecified atom stereocenters. The Kier molecular flexibility index (Phi) is 5.31. The van der Waals surface area contributed by atoms with Crippen LogP contribution in [-0.4, -0.2) is 48.4 Å². The number of benzene rings is 1. The second-order valence-corrected chi connectivity index (χ2v) is 6.18. The van der Waals surface area contributed by atoms with Crippen molar-refractivity contribution in [3.05, 3.63) is 36.0 Å². The second-order valence-electron chi connectivity index (χ2n) is 6.18. The largest absolute Gasteiger partial charge is 0.497 e. The molecule has 1 aromatic carbocycles. The molecule has 1 aliphatic rings. The number of aromatic nitrogens is 2. The van der Waals surface area contributed by atoms with Crippen LogP contribution in [0.5, 0.6) is 5.75 Å². The maximum atomic E-state index is 5.21. The van der Waals surface area contributed by atoms with E-state index in [1.54, 1.807) is 7.11 Å². The Morgan fingerprint density at radius 1 is 1.35 bits per heavy atom. The van der Waals surface area contributed by atoms with Crippen LogP contribution in [0, 0.1) is 5.92 Å². The molecule has 1 saturated heterocycles. The fraction of sp³-hybridized carbons (Fsp3) is 0.500. The van der Waals surface area contributed by atoms with Crippen molar-refractivity contribution in [3.63, 3.8) is 0 Å². The lowest BCUT2D eigenvalue weighted by atomic mass is 10.1. The van der Waals surface area contributed by atoms with Gasteiger partial charge in [0.1, 0.15) is 5.75 Å². The minimum absolute atomic E-state index is 0.770. The summed E-state index contributed by atoms with van der Waals surface area (Å²) in [7, 11) is 1.68. The molecule has 124 valence electrons. The van der Waals surface area contributed by atoms with Gasteiger partial charge < -0.3 is 15.0 Å². The molecule has 2 aromatic rings. The topological polar surface area (TPSA) is 53.2 Å². The van der Waals surface area contributed by atoms with Gasteiger partial charge in [0, 0.05) is 24.2 Å². The fourth-order valence-electron chi connectivity index (χ4n) is 3.23. The predicted molar refractivity (Wildman–Crippen MR) is 92.5 cm³/mol. The molecule has 5 nitrogen and oxygen atoms in total. The maximum absolute atomic E-state index is 5.21. The fourth-order valence-corrected chi connectivity index (χ4v) is 3.23. The van der Waals surface area contributed by atoms with Crippen LogP contribution in [0.2, 0.25) is 0 Å². The van der Waals surface area contributed by atoms with Gasteiger partial charge in [-0.2, -0.15) is 5.10 Å². The van der Waals surface area contributed by atoms with Crippen LogP contribution in [0.25, 0.3) is 11.3 Å². The average Bonchev–Trinajstić information content (AvgIpc) is 3.24. The molecule has 1 aliphatic heterocycles. The lowest BCUT2D eigenvalue weighted by Gasteiger charge is -2.13. The highest BCUT2D eigenvalue weighted by molar-refractivity contribution is 5.63. The highest BCUT2D eigenvalue weighted by Crippen LogP contribution is 2.23. The summed E-state index contributed by atoms with van der Waals surface area (Å²) in [5, 5.41) is 10.9. The first kappa shape index (κ1) is 16.0. The lowest BCUT2D eigenvalue weighted by Crippen LogP contribution is -2.26. The minimum Gasteiger partial charge on any atom is -0.497 e. The first-order valence-electron chi connectivity index (χ1n) is 8.40. The number of aromatic amines is 1. The smallest absolute Gasteiger partial charge is 0.118 e. The number of nitrogens with one attached hydrogen (secondary N) is 2. The summed E-state index contributed by atoms with van der Waals surface area (Å²) in [6.45, 7) is 7.79. The number of nitrogens with zero attached hydrogens (tertiary/aromatic N) is 2. The molecule has 0 amide bonds. The van der Waals surface area contributed by atoms with Gasteiger partial charge in [-0.3, -0.25) is 5.10 Å². The molecule has 0 aliphatic carbocycles. The van der Waals surface area contributed by atoms with E-state index in [2.05, 4.69) is 39.5 Å². The molecule has 5 heteroatoms. The Bertz CT molecular complexity index is 608. The summed E-state index contributed by atoms with van der Waals surface area (Å²) in [5.41, 5.74) is 3.43. The molecule has 2 heterocycles. The van der Waals surface area contributed by atoms with E-state index in [9.17, 15) is 0 Å². The highest BCUT2D eigenvalue weighted by Gasteiger charge is 2.20. The van der Waals surface area contributed by atoms with Crippen molar-refractivity contribution < 1.29 is 4.74 Å². The Morgan fingerprint density at radius 2 is 2.17 bits per heavy atom. The van der Waals surface area contributed by atoms with E-state index in [1.165, 1.54) is 31.6 Å². The van der Waals surface area contributed by atoms with Gasteiger partial charge in [0.2, 0.25) is 0 Å². The SMILES string of the molecule is CCN1CC[C@@H](CNCc2cn[nH]c2-c2ccc(OC)cc2)C1. The molecule has 0 radical (unpaired) electrons.